The van der Waals surface area contributed by atoms with Crippen LogP contribution in [0.15, 0.2) is 24.3 Å². The molecule has 2 aliphatic heterocycles. The number of esters is 1. The van der Waals surface area contributed by atoms with Crippen LogP contribution in [0.4, 0.5) is 0 Å². The van der Waals surface area contributed by atoms with E-state index in [-0.39, 0.29) is 24.2 Å². The summed E-state index contributed by atoms with van der Waals surface area (Å²) < 4.78 is 39.7. The quantitative estimate of drug-likeness (QED) is 0.678. The van der Waals surface area contributed by atoms with Crippen LogP contribution in [0, 0.1) is 0 Å². The SMILES string of the molecule is CCN(C(=O)[C@@H](C)OC(=O)[C@@H]1COc2ccccc2O1)[C@@H]1CCS(=O)(=O)C1. The van der Waals surface area contributed by atoms with Gasteiger partial charge in [-0.15, -0.1) is 0 Å². The van der Waals surface area contributed by atoms with Crippen molar-refractivity contribution in [3.05, 3.63) is 24.3 Å². The number of carbonyl (C=O) groups excluding carboxylic acids is 2. The average Bonchev–Trinajstić information content (AvgIpc) is 3.01. The molecular formula is C18H23NO7S. The van der Waals surface area contributed by atoms with Crippen LogP contribution >= 0.6 is 0 Å². The first kappa shape index (κ1) is 19.5. The third-order valence-electron chi connectivity index (χ3n) is 4.69. The predicted molar refractivity (Wildman–Crippen MR) is 96.4 cm³/mol. The minimum absolute atomic E-state index is 0.00484. The van der Waals surface area contributed by atoms with Crippen LogP contribution in [0.25, 0.3) is 0 Å². The van der Waals surface area contributed by atoms with Crippen molar-refractivity contribution >= 4 is 21.7 Å². The van der Waals surface area contributed by atoms with Crippen molar-refractivity contribution in [2.75, 3.05) is 24.7 Å². The second-order valence-corrected chi connectivity index (χ2v) is 8.85. The summed E-state index contributed by atoms with van der Waals surface area (Å²) in [6.45, 7) is 3.59. The molecule has 1 aromatic carbocycles. The Kier molecular flexibility index (Phi) is 5.59. The topological polar surface area (TPSA) is 99.2 Å². The fourth-order valence-electron chi connectivity index (χ4n) is 3.28. The number of rotatable bonds is 5. The Balaban J connectivity index is 1.60. The summed E-state index contributed by atoms with van der Waals surface area (Å²) in [5.74, 6) is -0.0990. The molecule has 1 saturated heterocycles. The number of nitrogens with zero attached hydrogens (tertiary/aromatic N) is 1. The van der Waals surface area contributed by atoms with E-state index in [2.05, 4.69) is 0 Å². The molecule has 3 atom stereocenters. The largest absolute Gasteiger partial charge is 0.485 e. The molecular weight excluding hydrogens is 374 g/mol. The molecule has 0 spiro atoms. The average molecular weight is 397 g/mol. The maximum atomic E-state index is 12.7. The van der Waals surface area contributed by atoms with Crippen molar-refractivity contribution in [2.24, 2.45) is 0 Å². The Hall–Kier alpha value is -2.29. The molecule has 0 aliphatic carbocycles. The summed E-state index contributed by atoms with van der Waals surface area (Å²) in [5.41, 5.74) is 0. The third kappa shape index (κ3) is 4.35. The number of hydrogen-bond donors (Lipinski definition) is 0. The first-order chi connectivity index (χ1) is 12.8. The highest BCUT2D eigenvalue weighted by molar-refractivity contribution is 7.91. The van der Waals surface area contributed by atoms with Crippen molar-refractivity contribution in [3.63, 3.8) is 0 Å². The fourth-order valence-corrected chi connectivity index (χ4v) is 5.02. The molecule has 8 nitrogen and oxygen atoms in total. The van der Waals surface area contributed by atoms with Crippen molar-refractivity contribution in [1.29, 1.82) is 0 Å². The van der Waals surface area contributed by atoms with Gasteiger partial charge in [-0.2, -0.15) is 0 Å². The van der Waals surface area contributed by atoms with Crippen LogP contribution in [0.2, 0.25) is 0 Å². The number of carbonyl (C=O) groups is 2. The van der Waals surface area contributed by atoms with E-state index in [1.54, 1.807) is 31.2 Å². The maximum Gasteiger partial charge on any atom is 0.351 e. The normalized spacial score (nSPS) is 24.1. The minimum atomic E-state index is -3.12. The molecule has 2 heterocycles. The summed E-state index contributed by atoms with van der Waals surface area (Å²) in [7, 11) is -3.12. The van der Waals surface area contributed by atoms with Gasteiger partial charge in [0.1, 0.15) is 6.61 Å². The summed E-state index contributed by atoms with van der Waals surface area (Å²) >= 11 is 0. The van der Waals surface area contributed by atoms with Crippen molar-refractivity contribution < 1.29 is 32.2 Å². The molecule has 0 unspecified atom stereocenters. The zero-order valence-corrected chi connectivity index (χ0v) is 16.1. The molecule has 0 aromatic heterocycles. The highest BCUT2D eigenvalue weighted by atomic mass is 32.2. The second-order valence-electron chi connectivity index (χ2n) is 6.62. The smallest absolute Gasteiger partial charge is 0.351 e. The molecule has 148 valence electrons. The van der Waals surface area contributed by atoms with E-state index in [1.165, 1.54) is 11.8 Å². The predicted octanol–water partition coefficient (Wildman–Crippen LogP) is 0.794. The highest BCUT2D eigenvalue weighted by Crippen LogP contribution is 2.31. The number of hydrogen-bond acceptors (Lipinski definition) is 7. The van der Waals surface area contributed by atoms with Gasteiger partial charge in [0.15, 0.2) is 27.4 Å². The number of amides is 1. The van der Waals surface area contributed by atoms with Crippen LogP contribution in [0.1, 0.15) is 20.3 Å². The van der Waals surface area contributed by atoms with Gasteiger partial charge < -0.3 is 19.1 Å². The zero-order valence-electron chi connectivity index (χ0n) is 15.3. The van der Waals surface area contributed by atoms with E-state index >= 15 is 0 Å². The first-order valence-corrected chi connectivity index (χ1v) is 10.7. The van der Waals surface area contributed by atoms with Crippen LogP contribution in [0.3, 0.4) is 0 Å². The van der Waals surface area contributed by atoms with E-state index in [1.807, 2.05) is 0 Å². The summed E-state index contributed by atoms with van der Waals surface area (Å²) in [5, 5.41) is 0. The van der Waals surface area contributed by atoms with Gasteiger partial charge in [-0.25, -0.2) is 13.2 Å². The van der Waals surface area contributed by atoms with Gasteiger partial charge in [0.05, 0.1) is 11.5 Å². The van der Waals surface area contributed by atoms with Gasteiger partial charge in [0, 0.05) is 12.6 Å². The standard InChI is InChI=1S/C18H23NO7S/c1-3-19(13-8-9-27(22,23)11-13)17(20)12(2)25-18(21)16-10-24-14-6-4-5-7-15(14)26-16/h4-7,12-13,16H,3,8-11H2,1-2H3/t12-,13-,16+/m1/s1. The minimum Gasteiger partial charge on any atom is -0.485 e. The summed E-state index contributed by atoms with van der Waals surface area (Å²) in [6, 6.07) is 6.59. The van der Waals surface area contributed by atoms with E-state index in [0.717, 1.165) is 0 Å². The number of sulfone groups is 1. The number of likely N-dealkylation sites (N-methyl/N-ethyl adjacent to an activating group) is 1. The van der Waals surface area contributed by atoms with Crippen LogP contribution in [-0.4, -0.2) is 68.1 Å². The zero-order chi connectivity index (χ0) is 19.6. The first-order valence-electron chi connectivity index (χ1n) is 8.90. The van der Waals surface area contributed by atoms with Crippen LogP contribution in [-0.2, 0) is 24.2 Å². The maximum absolute atomic E-state index is 12.7. The van der Waals surface area contributed by atoms with Gasteiger partial charge in [-0.3, -0.25) is 4.79 Å². The molecule has 9 heteroatoms. The van der Waals surface area contributed by atoms with Crippen LogP contribution in [0.5, 0.6) is 11.5 Å². The number of para-hydroxylation sites is 2. The number of fused-ring (bicyclic) bond motifs is 1. The Morgan fingerprint density at radius 2 is 2.00 bits per heavy atom. The molecule has 1 aromatic rings. The van der Waals surface area contributed by atoms with Gasteiger partial charge in [0.25, 0.3) is 5.91 Å². The van der Waals surface area contributed by atoms with E-state index in [9.17, 15) is 18.0 Å². The van der Waals surface area contributed by atoms with Crippen molar-refractivity contribution in [2.45, 2.75) is 38.5 Å². The Labute approximate surface area is 158 Å². The molecule has 27 heavy (non-hydrogen) atoms. The molecule has 0 bridgehead atoms. The molecule has 3 rings (SSSR count). The lowest BCUT2D eigenvalue weighted by Crippen LogP contribution is -2.48. The molecule has 2 aliphatic rings. The van der Waals surface area contributed by atoms with Crippen molar-refractivity contribution in [3.8, 4) is 11.5 Å². The third-order valence-corrected chi connectivity index (χ3v) is 6.44. The Morgan fingerprint density at radius 1 is 1.30 bits per heavy atom. The number of ether oxygens (including phenoxy) is 3. The monoisotopic (exact) mass is 397 g/mol. The summed E-state index contributed by atoms with van der Waals surface area (Å²) in [4.78, 5) is 26.5. The van der Waals surface area contributed by atoms with Gasteiger partial charge in [-0.05, 0) is 32.4 Å². The highest BCUT2D eigenvalue weighted by Gasteiger charge is 2.37. The lowest BCUT2D eigenvalue weighted by atomic mass is 10.2. The lowest BCUT2D eigenvalue weighted by molar-refractivity contribution is -0.167. The van der Waals surface area contributed by atoms with Crippen LogP contribution < -0.4 is 9.47 Å². The molecule has 0 N–H and O–H groups in total. The second kappa shape index (κ2) is 7.75. The van der Waals surface area contributed by atoms with Crippen molar-refractivity contribution in [1.82, 2.24) is 4.90 Å². The van der Waals surface area contributed by atoms with E-state index < -0.39 is 33.9 Å². The van der Waals surface area contributed by atoms with E-state index in [4.69, 9.17) is 14.2 Å². The molecule has 1 amide bonds. The molecule has 1 fully saturated rings. The Morgan fingerprint density at radius 3 is 2.63 bits per heavy atom. The lowest BCUT2D eigenvalue weighted by Gasteiger charge is -2.30. The fraction of sp³-hybridized carbons (Fsp3) is 0.556. The Bertz CT molecular complexity index is 823. The molecule has 0 saturated carbocycles. The van der Waals surface area contributed by atoms with Gasteiger partial charge in [0.2, 0.25) is 6.10 Å². The number of benzene rings is 1. The van der Waals surface area contributed by atoms with Gasteiger partial charge in [-0.1, -0.05) is 12.1 Å². The van der Waals surface area contributed by atoms with Gasteiger partial charge >= 0.3 is 5.97 Å². The van der Waals surface area contributed by atoms with E-state index in [0.29, 0.717) is 24.5 Å². The molecule has 0 radical (unpaired) electrons. The summed E-state index contributed by atoms with van der Waals surface area (Å²) in [6.07, 6.45) is -1.60.